The second-order valence-electron chi connectivity index (χ2n) is 8.66. The van der Waals surface area contributed by atoms with Crippen LogP contribution in [0.15, 0.2) is 71.9 Å². The lowest BCUT2D eigenvalue weighted by Crippen LogP contribution is -2.31. The van der Waals surface area contributed by atoms with Gasteiger partial charge in [-0.2, -0.15) is 4.98 Å². The summed E-state index contributed by atoms with van der Waals surface area (Å²) in [5.74, 6) is 2.11. The first kappa shape index (κ1) is 26.4. The summed E-state index contributed by atoms with van der Waals surface area (Å²) < 4.78 is 18.3. The minimum absolute atomic E-state index is 0.355. The molecule has 2 heterocycles. The minimum Gasteiger partial charge on any atom is -0.497 e. The van der Waals surface area contributed by atoms with E-state index in [1.165, 1.54) is 0 Å². The Morgan fingerprint density at radius 1 is 0.974 bits per heavy atom. The molecule has 0 spiro atoms. The SMILES string of the molecule is COc1ccc(OC)c(C2C(C(=O)Nc3ccccc3OC)=C(C)Nc3nc(-c4ccc(Cl)cc4Cl)nn32)c1. The van der Waals surface area contributed by atoms with Crippen molar-refractivity contribution in [1.82, 2.24) is 14.8 Å². The zero-order valence-corrected chi connectivity index (χ0v) is 23.1. The summed E-state index contributed by atoms with van der Waals surface area (Å²) in [5.41, 5.74) is 2.77. The van der Waals surface area contributed by atoms with Crippen molar-refractivity contribution < 1.29 is 19.0 Å². The average molecular weight is 566 g/mol. The van der Waals surface area contributed by atoms with Gasteiger partial charge in [0.2, 0.25) is 5.95 Å². The van der Waals surface area contributed by atoms with Gasteiger partial charge >= 0.3 is 0 Å². The number of hydrogen-bond donors (Lipinski definition) is 2. The van der Waals surface area contributed by atoms with Gasteiger partial charge in [0, 0.05) is 21.8 Å². The zero-order chi connectivity index (χ0) is 27.7. The van der Waals surface area contributed by atoms with Gasteiger partial charge in [-0.15, -0.1) is 5.10 Å². The Morgan fingerprint density at radius 2 is 1.74 bits per heavy atom. The number of benzene rings is 3. The molecule has 1 unspecified atom stereocenters. The lowest BCUT2D eigenvalue weighted by Gasteiger charge is -2.29. The summed E-state index contributed by atoms with van der Waals surface area (Å²) in [5, 5.41) is 11.9. The number of allylic oxidation sites excluding steroid dienone is 1. The van der Waals surface area contributed by atoms with Crippen LogP contribution >= 0.6 is 23.2 Å². The first-order valence-electron chi connectivity index (χ1n) is 11.9. The number of aromatic nitrogens is 3. The molecule has 4 aromatic rings. The first-order valence-corrected chi connectivity index (χ1v) is 12.7. The number of fused-ring (bicyclic) bond motifs is 1. The quantitative estimate of drug-likeness (QED) is 0.275. The molecule has 3 aromatic carbocycles. The molecule has 39 heavy (non-hydrogen) atoms. The normalized spacial score (nSPS) is 14.4. The number of para-hydroxylation sites is 2. The molecule has 0 saturated carbocycles. The van der Waals surface area contributed by atoms with Gasteiger partial charge in [0.1, 0.15) is 23.3 Å². The van der Waals surface area contributed by atoms with Crippen molar-refractivity contribution in [2.45, 2.75) is 13.0 Å². The molecule has 1 aromatic heterocycles. The van der Waals surface area contributed by atoms with Crippen LogP contribution in [0.5, 0.6) is 17.2 Å². The molecule has 0 fully saturated rings. The van der Waals surface area contributed by atoms with Crippen LogP contribution in [0.4, 0.5) is 11.6 Å². The fraction of sp³-hybridized carbons (Fsp3) is 0.179. The molecule has 5 rings (SSSR count). The maximum absolute atomic E-state index is 13.9. The lowest BCUT2D eigenvalue weighted by atomic mass is 9.94. The molecule has 200 valence electrons. The van der Waals surface area contributed by atoms with E-state index < -0.39 is 6.04 Å². The van der Waals surface area contributed by atoms with Crippen LogP contribution in [-0.4, -0.2) is 42.0 Å². The van der Waals surface area contributed by atoms with Gasteiger partial charge < -0.3 is 24.8 Å². The summed E-state index contributed by atoms with van der Waals surface area (Å²) in [7, 11) is 4.69. The number of anilines is 2. The predicted octanol–water partition coefficient (Wildman–Crippen LogP) is 6.21. The molecule has 0 bridgehead atoms. The summed E-state index contributed by atoms with van der Waals surface area (Å²) in [6.45, 7) is 1.81. The van der Waals surface area contributed by atoms with Crippen LogP contribution in [0.25, 0.3) is 11.4 Å². The van der Waals surface area contributed by atoms with E-state index in [4.69, 9.17) is 47.5 Å². The maximum atomic E-state index is 13.9. The number of ether oxygens (including phenoxy) is 3. The molecule has 0 radical (unpaired) electrons. The van der Waals surface area contributed by atoms with Crippen molar-refractivity contribution in [3.8, 4) is 28.6 Å². The van der Waals surface area contributed by atoms with E-state index in [1.807, 2.05) is 25.1 Å². The Bertz CT molecular complexity index is 1600. The van der Waals surface area contributed by atoms with E-state index in [2.05, 4.69) is 10.6 Å². The van der Waals surface area contributed by atoms with Crippen LogP contribution in [0.3, 0.4) is 0 Å². The Balaban J connectivity index is 1.68. The topological polar surface area (TPSA) is 99.5 Å². The van der Waals surface area contributed by atoms with Gasteiger partial charge in [0.25, 0.3) is 5.91 Å². The highest BCUT2D eigenvalue weighted by atomic mass is 35.5. The number of hydrogen-bond acceptors (Lipinski definition) is 7. The van der Waals surface area contributed by atoms with E-state index >= 15 is 0 Å². The van der Waals surface area contributed by atoms with Crippen molar-refractivity contribution in [1.29, 1.82) is 0 Å². The zero-order valence-electron chi connectivity index (χ0n) is 21.6. The van der Waals surface area contributed by atoms with E-state index in [0.29, 0.717) is 67.2 Å². The van der Waals surface area contributed by atoms with Gasteiger partial charge in [-0.1, -0.05) is 35.3 Å². The summed E-state index contributed by atoms with van der Waals surface area (Å²) in [6.07, 6.45) is 0. The minimum atomic E-state index is -0.728. The molecule has 1 aliphatic rings. The molecule has 1 amide bonds. The third-order valence-electron chi connectivity index (χ3n) is 6.36. The Labute approximate surface area is 235 Å². The molecule has 0 saturated heterocycles. The smallest absolute Gasteiger partial charge is 0.255 e. The summed E-state index contributed by atoms with van der Waals surface area (Å²) >= 11 is 12.6. The summed E-state index contributed by atoms with van der Waals surface area (Å²) in [6, 6.07) is 17.0. The fourth-order valence-corrected chi connectivity index (χ4v) is 5.00. The van der Waals surface area contributed by atoms with Crippen LogP contribution in [0, 0.1) is 0 Å². The van der Waals surface area contributed by atoms with Crippen molar-refractivity contribution in [3.63, 3.8) is 0 Å². The van der Waals surface area contributed by atoms with E-state index in [1.54, 1.807) is 68.5 Å². The monoisotopic (exact) mass is 565 g/mol. The van der Waals surface area contributed by atoms with Crippen LogP contribution in [0.2, 0.25) is 10.0 Å². The average Bonchev–Trinajstić information content (AvgIpc) is 3.35. The predicted molar refractivity (Wildman–Crippen MR) is 151 cm³/mol. The van der Waals surface area contributed by atoms with Gasteiger partial charge in [-0.3, -0.25) is 4.79 Å². The third kappa shape index (κ3) is 4.98. The van der Waals surface area contributed by atoms with Crippen LogP contribution in [0.1, 0.15) is 18.5 Å². The van der Waals surface area contributed by atoms with Crippen molar-refractivity contribution in [2.75, 3.05) is 32.0 Å². The number of carbonyl (C=O) groups is 1. The standard InChI is InChI=1S/C28H25Cl2N5O4/c1-15-24(27(36)32-21-7-5-6-8-23(21)39-4)25(19-14-17(37-2)10-12-22(19)38-3)35-28(31-15)33-26(34-35)18-11-9-16(29)13-20(18)30/h5-14,25H,1-4H3,(H,32,36)(H,31,33,34). The van der Waals surface area contributed by atoms with Crippen molar-refractivity contribution >= 4 is 40.7 Å². The molecule has 1 atom stereocenters. The highest BCUT2D eigenvalue weighted by Gasteiger charge is 2.37. The van der Waals surface area contributed by atoms with E-state index in [-0.39, 0.29) is 5.91 Å². The molecule has 0 aliphatic carbocycles. The highest BCUT2D eigenvalue weighted by molar-refractivity contribution is 6.36. The molecule has 11 heteroatoms. The first-order chi connectivity index (χ1) is 18.8. The largest absolute Gasteiger partial charge is 0.497 e. The Morgan fingerprint density at radius 3 is 2.46 bits per heavy atom. The number of rotatable bonds is 7. The molecule has 2 N–H and O–H groups in total. The number of nitrogens with zero attached hydrogens (tertiary/aromatic N) is 3. The summed E-state index contributed by atoms with van der Waals surface area (Å²) in [4.78, 5) is 18.6. The number of halogens is 2. The van der Waals surface area contributed by atoms with E-state index in [0.717, 1.165) is 0 Å². The number of carbonyl (C=O) groups excluding carboxylic acids is 1. The Kier molecular flexibility index (Phi) is 7.36. The van der Waals surface area contributed by atoms with E-state index in [9.17, 15) is 4.79 Å². The van der Waals surface area contributed by atoms with Crippen molar-refractivity contribution in [3.05, 3.63) is 87.5 Å². The fourth-order valence-electron chi connectivity index (χ4n) is 4.51. The molecule has 9 nitrogen and oxygen atoms in total. The highest BCUT2D eigenvalue weighted by Crippen LogP contribution is 2.42. The Hall–Kier alpha value is -4.21. The third-order valence-corrected chi connectivity index (χ3v) is 6.90. The number of methoxy groups -OCH3 is 3. The maximum Gasteiger partial charge on any atom is 0.255 e. The number of amides is 1. The lowest BCUT2D eigenvalue weighted by molar-refractivity contribution is -0.113. The second kappa shape index (κ2) is 10.9. The van der Waals surface area contributed by atoms with Crippen molar-refractivity contribution in [2.24, 2.45) is 0 Å². The van der Waals surface area contributed by atoms with Gasteiger partial charge in [-0.05, 0) is 55.5 Å². The molecular formula is C28H25Cl2N5O4. The molecule has 1 aliphatic heterocycles. The van der Waals surface area contributed by atoms with Gasteiger partial charge in [0.15, 0.2) is 5.82 Å². The van der Waals surface area contributed by atoms with Crippen LogP contribution < -0.4 is 24.8 Å². The second-order valence-corrected chi connectivity index (χ2v) is 9.50. The van der Waals surface area contributed by atoms with Crippen LogP contribution in [-0.2, 0) is 4.79 Å². The van der Waals surface area contributed by atoms with Gasteiger partial charge in [0.05, 0.1) is 37.6 Å². The van der Waals surface area contributed by atoms with Gasteiger partial charge in [-0.25, -0.2) is 4.68 Å². The molecular weight excluding hydrogens is 541 g/mol. The number of nitrogens with one attached hydrogen (secondary N) is 2.